The van der Waals surface area contributed by atoms with Gasteiger partial charge in [0.1, 0.15) is 12.0 Å². The molecule has 4 nitrogen and oxygen atoms in total. The SMILES string of the molecule is CCC1(CNc2ncnc(Cl)c2N)CC1. The van der Waals surface area contributed by atoms with Crippen LogP contribution in [0, 0.1) is 5.41 Å². The van der Waals surface area contributed by atoms with Crippen LogP contribution in [0.2, 0.25) is 5.15 Å². The fourth-order valence-electron chi connectivity index (χ4n) is 1.62. The maximum Gasteiger partial charge on any atom is 0.157 e. The Hall–Kier alpha value is -1.03. The number of rotatable bonds is 4. The number of nitrogens with two attached hydrogens (primary N) is 1. The monoisotopic (exact) mass is 226 g/mol. The summed E-state index contributed by atoms with van der Waals surface area (Å²) < 4.78 is 0. The summed E-state index contributed by atoms with van der Waals surface area (Å²) in [6, 6.07) is 0. The molecule has 0 aliphatic heterocycles. The third-order valence-corrected chi connectivity index (χ3v) is 3.47. The maximum absolute atomic E-state index is 5.80. The van der Waals surface area contributed by atoms with Gasteiger partial charge in [-0.3, -0.25) is 0 Å². The minimum Gasteiger partial charge on any atom is -0.393 e. The van der Waals surface area contributed by atoms with E-state index in [1.165, 1.54) is 25.6 Å². The molecule has 0 aromatic carbocycles. The van der Waals surface area contributed by atoms with E-state index in [2.05, 4.69) is 22.2 Å². The number of nitrogens with one attached hydrogen (secondary N) is 1. The lowest BCUT2D eigenvalue weighted by molar-refractivity contribution is 0.521. The topological polar surface area (TPSA) is 63.8 Å². The van der Waals surface area contributed by atoms with Crippen LogP contribution >= 0.6 is 11.6 Å². The summed E-state index contributed by atoms with van der Waals surface area (Å²) in [6.45, 7) is 3.13. The minimum absolute atomic E-state index is 0.314. The molecular weight excluding hydrogens is 212 g/mol. The van der Waals surface area contributed by atoms with Crippen LogP contribution in [-0.4, -0.2) is 16.5 Å². The quantitative estimate of drug-likeness (QED) is 0.774. The van der Waals surface area contributed by atoms with E-state index in [1.807, 2.05) is 0 Å². The second-order valence-corrected chi connectivity index (χ2v) is 4.49. The van der Waals surface area contributed by atoms with Crippen LogP contribution in [0.3, 0.4) is 0 Å². The van der Waals surface area contributed by atoms with Gasteiger partial charge in [0.15, 0.2) is 11.0 Å². The van der Waals surface area contributed by atoms with Crippen molar-refractivity contribution >= 4 is 23.1 Å². The summed E-state index contributed by atoms with van der Waals surface area (Å²) in [5.74, 6) is 0.648. The molecule has 3 N–H and O–H groups in total. The number of anilines is 2. The summed E-state index contributed by atoms with van der Waals surface area (Å²) in [4.78, 5) is 7.88. The van der Waals surface area contributed by atoms with E-state index in [0.717, 1.165) is 6.54 Å². The van der Waals surface area contributed by atoms with Gasteiger partial charge < -0.3 is 11.1 Å². The van der Waals surface area contributed by atoms with Crippen molar-refractivity contribution in [2.24, 2.45) is 5.41 Å². The first-order valence-electron chi connectivity index (χ1n) is 5.17. The highest BCUT2D eigenvalue weighted by atomic mass is 35.5. The van der Waals surface area contributed by atoms with Gasteiger partial charge in [0.25, 0.3) is 0 Å². The Balaban J connectivity index is 2.02. The lowest BCUT2D eigenvalue weighted by Crippen LogP contribution is -2.16. The van der Waals surface area contributed by atoms with E-state index in [4.69, 9.17) is 17.3 Å². The fraction of sp³-hybridized carbons (Fsp3) is 0.600. The van der Waals surface area contributed by atoms with Crippen molar-refractivity contribution in [1.82, 2.24) is 9.97 Å². The zero-order chi connectivity index (χ0) is 10.9. The summed E-state index contributed by atoms with van der Waals surface area (Å²) in [6.07, 6.45) is 5.19. The first-order valence-corrected chi connectivity index (χ1v) is 5.54. The van der Waals surface area contributed by atoms with Crippen LogP contribution < -0.4 is 11.1 Å². The maximum atomic E-state index is 5.80. The first kappa shape index (κ1) is 10.5. The van der Waals surface area contributed by atoms with Gasteiger partial charge in [-0.1, -0.05) is 18.5 Å². The van der Waals surface area contributed by atoms with Gasteiger partial charge in [0.05, 0.1) is 0 Å². The van der Waals surface area contributed by atoms with Crippen LogP contribution in [0.5, 0.6) is 0 Å². The predicted octanol–water partition coefficient (Wildman–Crippen LogP) is 2.31. The third-order valence-electron chi connectivity index (χ3n) is 3.17. The van der Waals surface area contributed by atoms with Gasteiger partial charge in [-0.05, 0) is 24.7 Å². The molecule has 0 amide bonds. The Labute approximate surface area is 94.2 Å². The van der Waals surface area contributed by atoms with E-state index in [9.17, 15) is 0 Å². The zero-order valence-corrected chi connectivity index (χ0v) is 9.51. The summed E-state index contributed by atoms with van der Waals surface area (Å²) >= 11 is 5.80. The van der Waals surface area contributed by atoms with Crippen molar-refractivity contribution in [1.29, 1.82) is 0 Å². The van der Waals surface area contributed by atoms with E-state index in [-0.39, 0.29) is 0 Å². The number of nitrogen functional groups attached to an aromatic ring is 1. The van der Waals surface area contributed by atoms with E-state index in [0.29, 0.717) is 22.1 Å². The highest BCUT2D eigenvalue weighted by molar-refractivity contribution is 6.32. The molecule has 1 fully saturated rings. The third kappa shape index (κ3) is 2.15. The molecule has 0 atom stereocenters. The molecule has 0 unspecified atom stereocenters. The molecule has 1 aromatic heterocycles. The average Bonchev–Trinajstić information content (AvgIpc) is 3.01. The normalized spacial score (nSPS) is 17.5. The molecule has 1 saturated carbocycles. The number of hydrogen-bond acceptors (Lipinski definition) is 4. The molecule has 2 rings (SSSR count). The first-order chi connectivity index (χ1) is 7.17. The number of nitrogens with zero attached hydrogens (tertiary/aromatic N) is 2. The van der Waals surface area contributed by atoms with Crippen LogP contribution in [0.1, 0.15) is 26.2 Å². The Morgan fingerprint density at radius 1 is 1.53 bits per heavy atom. The molecule has 1 aliphatic rings. The average molecular weight is 227 g/mol. The Kier molecular flexibility index (Phi) is 2.69. The van der Waals surface area contributed by atoms with Crippen molar-refractivity contribution < 1.29 is 0 Å². The van der Waals surface area contributed by atoms with Crippen LogP contribution in [-0.2, 0) is 0 Å². The zero-order valence-electron chi connectivity index (χ0n) is 8.76. The van der Waals surface area contributed by atoms with Gasteiger partial charge in [0.2, 0.25) is 0 Å². The Morgan fingerprint density at radius 2 is 2.27 bits per heavy atom. The smallest absolute Gasteiger partial charge is 0.157 e. The standard InChI is InChI=1S/C10H15ClN4/c1-2-10(3-4-10)5-13-9-7(12)8(11)14-6-15-9/h6H,2-5,12H2,1H3,(H,13,14,15). The molecule has 1 aromatic rings. The summed E-state index contributed by atoms with van der Waals surface area (Å²) in [5.41, 5.74) is 6.65. The van der Waals surface area contributed by atoms with Gasteiger partial charge in [-0.25, -0.2) is 9.97 Å². The molecule has 1 aliphatic carbocycles. The van der Waals surface area contributed by atoms with Gasteiger partial charge in [-0.2, -0.15) is 0 Å². The van der Waals surface area contributed by atoms with Crippen LogP contribution in [0.15, 0.2) is 6.33 Å². The lowest BCUT2D eigenvalue weighted by atomic mass is 10.0. The summed E-state index contributed by atoms with van der Waals surface area (Å²) in [5, 5.41) is 3.56. The number of halogens is 1. The van der Waals surface area contributed by atoms with Crippen molar-refractivity contribution in [3.05, 3.63) is 11.5 Å². The van der Waals surface area contributed by atoms with Crippen molar-refractivity contribution in [2.75, 3.05) is 17.6 Å². The molecule has 1 heterocycles. The van der Waals surface area contributed by atoms with Gasteiger partial charge >= 0.3 is 0 Å². The molecule has 0 bridgehead atoms. The second kappa shape index (κ2) is 3.85. The van der Waals surface area contributed by atoms with Crippen LogP contribution in [0.25, 0.3) is 0 Å². The molecule has 15 heavy (non-hydrogen) atoms. The lowest BCUT2D eigenvalue weighted by Gasteiger charge is -2.14. The largest absolute Gasteiger partial charge is 0.393 e. The van der Waals surface area contributed by atoms with Crippen molar-refractivity contribution in [3.63, 3.8) is 0 Å². The molecular formula is C10H15ClN4. The minimum atomic E-state index is 0.314. The van der Waals surface area contributed by atoms with Crippen molar-refractivity contribution in [2.45, 2.75) is 26.2 Å². The van der Waals surface area contributed by atoms with Gasteiger partial charge in [0, 0.05) is 6.54 Å². The molecule has 0 saturated heterocycles. The molecule has 0 radical (unpaired) electrons. The number of hydrogen-bond donors (Lipinski definition) is 2. The van der Waals surface area contributed by atoms with Crippen LogP contribution in [0.4, 0.5) is 11.5 Å². The molecule has 82 valence electrons. The Bertz CT molecular complexity index is 362. The fourth-order valence-corrected chi connectivity index (χ4v) is 1.75. The molecule has 5 heteroatoms. The van der Waals surface area contributed by atoms with E-state index >= 15 is 0 Å². The highest BCUT2D eigenvalue weighted by Gasteiger charge is 2.40. The van der Waals surface area contributed by atoms with E-state index in [1.54, 1.807) is 0 Å². The number of aromatic nitrogens is 2. The van der Waals surface area contributed by atoms with Crippen molar-refractivity contribution in [3.8, 4) is 0 Å². The predicted molar refractivity (Wildman–Crippen MR) is 61.9 cm³/mol. The van der Waals surface area contributed by atoms with E-state index < -0.39 is 0 Å². The molecule has 0 spiro atoms. The summed E-state index contributed by atoms with van der Waals surface area (Å²) in [7, 11) is 0. The Morgan fingerprint density at radius 3 is 2.87 bits per heavy atom. The highest BCUT2D eigenvalue weighted by Crippen LogP contribution is 2.48. The second-order valence-electron chi connectivity index (χ2n) is 4.13. The van der Waals surface area contributed by atoms with Gasteiger partial charge in [-0.15, -0.1) is 0 Å².